The number of unbranched alkanes of at least 4 members (excludes halogenated alkanes) is 24. The number of hydrogen-bond acceptors (Lipinski definition) is 5. The van der Waals surface area contributed by atoms with Crippen LogP contribution < -0.4 is 5.32 Å². The Balaban J connectivity index is 4.69. The fourth-order valence-corrected chi connectivity index (χ4v) is 7.62. The Morgan fingerprint density at radius 1 is 0.492 bits per heavy atom. The van der Waals surface area contributed by atoms with Crippen LogP contribution in [0, 0.1) is 0 Å². The van der Waals surface area contributed by atoms with Gasteiger partial charge in [0, 0.05) is 6.42 Å². The van der Waals surface area contributed by atoms with Crippen molar-refractivity contribution in [2.24, 2.45) is 0 Å². The van der Waals surface area contributed by atoms with Crippen molar-refractivity contribution in [1.82, 2.24) is 5.32 Å². The Bertz CT molecular complexity index is 1210. The van der Waals surface area contributed by atoms with Gasteiger partial charge in [-0.3, -0.25) is 9.59 Å². The summed E-state index contributed by atoms with van der Waals surface area (Å²) < 4.78 is 5.92. The maximum absolute atomic E-state index is 13.2. The number of amides is 1. The van der Waals surface area contributed by atoms with Crippen LogP contribution in [0.25, 0.3) is 0 Å². The van der Waals surface area contributed by atoms with Crippen LogP contribution in [0.15, 0.2) is 85.1 Å². The average molecular weight is 878 g/mol. The van der Waals surface area contributed by atoms with Gasteiger partial charge in [-0.1, -0.05) is 241 Å². The monoisotopic (exact) mass is 878 g/mol. The number of ether oxygens (including phenoxy) is 1. The molecular formula is C57H99NO5. The molecule has 0 saturated carbocycles. The Hall–Kier alpha value is -2.96. The summed E-state index contributed by atoms with van der Waals surface area (Å²) in [4.78, 5) is 26.2. The molecule has 3 atom stereocenters. The smallest absolute Gasteiger partial charge is 0.306 e. The highest BCUT2D eigenvalue weighted by Crippen LogP contribution is 2.17. The normalized spacial score (nSPS) is 13.9. The van der Waals surface area contributed by atoms with E-state index in [2.05, 4.69) is 74.7 Å². The summed E-state index contributed by atoms with van der Waals surface area (Å²) in [5.41, 5.74) is 0. The molecule has 0 aromatic carbocycles. The van der Waals surface area contributed by atoms with Crippen LogP contribution in [-0.4, -0.2) is 46.9 Å². The molecule has 0 heterocycles. The molecule has 6 nitrogen and oxygen atoms in total. The Morgan fingerprint density at radius 3 is 1.51 bits per heavy atom. The number of allylic oxidation sites excluding steroid dienone is 14. The van der Waals surface area contributed by atoms with E-state index in [9.17, 15) is 19.8 Å². The third kappa shape index (κ3) is 45.4. The third-order valence-corrected chi connectivity index (χ3v) is 11.6. The fourth-order valence-electron chi connectivity index (χ4n) is 7.62. The van der Waals surface area contributed by atoms with E-state index in [0.29, 0.717) is 19.3 Å². The number of carbonyl (C=O) groups excluding carboxylic acids is 2. The minimum Gasteiger partial charge on any atom is -0.462 e. The van der Waals surface area contributed by atoms with Gasteiger partial charge in [-0.25, -0.2) is 0 Å². The van der Waals surface area contributed by atoms with E-state index in [1.807, 2.05) is 36.5 Å². The Kier molecular flexibility index (Phi) is 47.7. The summed E-state index contributed by atoms with van der Waals surface area (Å²) in [6.45, 7) is 6.28. The van der Waals surface area contributed by atoms with Crippen molar-refractivity contribution < 1.29 is 24.5 Å². The van der Waals surface area contributed by atoms with Gasteiger partial charge in [0.1, 0.15) is 6.10 Å². The first kappa shape index (κ1) is 60.0. The van der Waals surface area contributed by atoms with Gasteiger partial charge in [0.2, 0.25) is 5.91 Å². The molecule has 0 aliphatic carbocycles. The zero-order valence-corrected chi connectivity index (χ0v) is 41.2. The van der Waals surface area contributed by atoms with Crippen molar-refractivity contribution in [3.8, 4) is 0 Å². The quantitative estimate of drug-likeness (QED) is 0.0245. The topological polar surface area (TPSA) is 95.9 Å². The van der Waals surface area contributed by atoms with Gasteiger partial charge >= 0.3 is 5.97 Å². The highest BCUT2D eigenvalue weighted by Gasteiger charge is 2.24. The van der Waals surface area contributed by atoms with Gasteiger partial charge < -0.3 is 20.3 Å². The van der Waals surface area contributed by atoms with Crippen LogP contribution in [0.1, 0.15) is 239 Å². The predicted molar refractivity (Wildman–Crippen MR) is 273 cm³/mol. The maximum atomic E-state index is 13.2. The summed E-state index contributed by atoms with van der Waals surface area (Å²) in [6.07, 6.45) is 64.9. The Labute approximate surface area is 389 Å². The zero-order valence-electron chi connectivity index (χ0n) is 41.2. The lowest BCUT2D eigenvalue weighted by molar-refractivity contribution is -0.151. The summed E-state index contributed by atoms with van der Waals surface area (Å²) in [6, 6.07) is -0.722. The van der Waals surface area contributed by atoms with E-state index in [-0.39, 0.29) is 24.9 Å². The number of esters is 1. The van der Waals surface area contributed by atoms with E-state index >= 15 is 0 Å². The third-order valence-electron chi connectivity index (χ3n) is 11.6. The van der Waals surface area contributed by atoms with E-state index in [4.69, 9.17) is 4.74 Å². The molecule has 0 rings (SSSR count). The summed E-state index contributed by atoms with van der Waals surface area (Å²) >= 11 is 0. The lowest BCUT2D eigenvalue weighted by Gasteiger charge is -2.24. The zero-order chi connectivity index (χ0) is 45.9. The van der Waals surface area contributed by atoms with E-state index < -0.39 is 18.2 Å². The van der Waals surface area contributed by atoms with Crippen LogP contribution in [0.2, 0.25) is 0 Å². The van der Waals surface area contributed by atoms with E-state index in [0.717, 1.165) is 89.9 Å². The molecule has 0 aliphatic heterocycles. The van der Waals surface area contributed by atoms with Crippen molar-refractivity contribution in [2.45, 2.75) is 257 Å². The van der Waals surface area contributed by atoms with Gasteiger partial charge in [-0.15, -0.1) is 0 Å². The van der Waals surface area contributed by atoms with Crippen molar-refractivity contribution in [3.63, 3.8) is 0 Å². The maximum Gasteiger partial charge on any atom is 0.306 e. The highest BCUT2D eigenvalue weighted by molar-refractivity contribution is 5.77. The van der Waals surface area contributed by atoms with Gasteiger partial charge in [0.05, 0.1) is 25.2 Å². The van der Waals surface area contributed by atoms with Gasteiger partial charge in [-0.05, 0) is 70.6 Å². The second-order valence-electron chi connectivity index (χ2n) is 17.7. The van der Waals surface area contributed by atoms with Crippen LogP contribution in [0.5, 0.6) is 0 Å². The molecule has 63 heavy (non-hydrogen) atoms. The van der Waals surface area contributed by atoms with Crippen LogP contribution in [-0.2, 0) is 14.3 Å². The molecule has 0 aliphatic rings. The molecule has 0 fully saturated rings. The largest absolute Gasteiger partial charge is 0.462 e. The molecule has 0 radical (unpaired) electrons. The molecule has 1 amide bonds. The fraction of sp³-hybridized carbons (Fsp3) is 0.719. The SMILES string of the molecule is CC/C=C/C/C=C/CCCCCCCCCC(=O)OC(CCCCC/C=C/C=C/C=C/C=C/C=C/CCC)CC(=O)NC(CO)C(O)CCCCCCCCCCCCCCCC. The minimum atomic E-state index is -0.805. The molecule has 0 saturated heterocycles. The second kappa shape index (κ2) is 50.0. The molecule has 362 valence electrons. The van der Waals surface area contributed by atoms with E-state index in [1.165, 1.54) is 103 Å². The molecule has 3 N–H and O–H groups in total. The Morgan fingerprint density at radius 2 is 0.952 bits per heavy atom. The van der Waals surface area contributed by atoms with Crippen molar-refractivity contribution in [2.75, 3.05) is 6.61 Å². The lowest BCUT2D eigenvalue weighted by Crippen LogP contribution is -2.46. The first-order valence-corrected chi connectivity index (χ1v) is 26.4. The molecule has 0 bridgehead atoms. The first-order valence-electron chi connectivity index (χ1n) is 26.4. The van der Waals surface area contributed by atoms with Crippen molar-refractivity contribution >= 4 is 11.9 Å². The minimum absolute atomic E-state index is 0.0425. The van der Waals surface area contributed by atoms with Crippen molar-refractivity contribution in [1.29, 1.82) is 0 Å². The van der Waals surface area contributed by atoms with Gasteiger partial charge in [-0.2, -0.15) is 0 Å². The first-order chi connectivity index (χ1) is 31.0. The lowest BCUT2D eigenvalue weighted by atomic mass is 10.0. The van der Waals surface area contributed by atoms with Crippen molar-refractivity contribution in [3.05, 3.63) is 85.1 Å². The average Bonchev–Trinajstić information content (AvgIpc) is 3.28. The van der Waals surface area contributed by atoms with Crippen LogP contribution in [0.4, 0.5) is 0 Å². The van der Waals surface area contributed by atoms with Crippen LogP contribution in [0.3, 0.4) is 0 Å². The molecule has 0 aromatic heterocycles. The molecular weight excluding hydrogens is 779 g/mol. The van der Waals surface area contributed by atoms with Gasteiger partial charge in [0.25, 0.3) is 0 Å². The molecule has 3 unspecified atom stereocenters. The predicted octanol–water partition coefficient (Wildman–Crippen LogP) is 16.0. The number of nitrogens with one attached hydrogen (secondary N) is 1. The number of carbonyl (C=O) groups is 2. The molecule has 0 spiro atoms. The number of rotatable bonds is 46. The molecule has 6 heteroatoms. The summed E-state index contributed by atoms with van der Waals surface area (Å²) in [5, 5.41) is 23.8. The molecule has 0 aromatic rings. The van der Waals surface area contributed by atoms with E-state index in [1.54, 1.807) is 0 Å². The second-order valence-corrected chi connectivity index (χ2v) is 17.7. The summed E-state index contributed by atoms with van der Waals surface area (Å²) in [5.74, 6) is -0.528. The highest BCUT2D eigenvalue weighted by atomic mass is 16.5. The van der Waals surface area contributed by atoms with Crippen LogP contribution >= 0.6 is 0 Å². The number of aliphatic hydroxyl groups is 2. The standard InChI is InChI=1S/C57H99NO5/c1-4-7-10-13-16-19-22-25-28-29-30-33-36-39-42-45-48-53(63-57(62)50-47-44-41-38-35-32-27-24-21-18-15-12-9-6-3)51-56(61)58-54(52-59)55(60)49-46-43-40-37-34-31-26-23-20-17-14-11-8-5-2/h9-10,12-13,16,18-19,21-22,25,28-30,33,53-55,59-60H,4-8,11,14-15,17,20,23-24,26-27,31-32,34-52H2,1-3H3,(H,58,61)/b12-9+,13-10+,19-16+,21-18+,25-22+,29-28+,33-30+. The van der Waals surface area contributed by atoms with Gasteiger partial charge in [0.15, 0.2) is 0 Å². The summed E-state index contributed by atoms with van der Waals surface area (Å²) in [7, 11) is 0. The number of aliphatic hydroxyl groups excluding tert-OH is 2. The number of hydrogen-bond donors (Lipinski definition) is 3.